The molecule has 0 saturated carbocycles. The summed E-state index contributed by atoms with van der Waals surface area (Å²) in [7, 11) is 0. The van der Waals surface area contributed by atoms with Gasteiger partial charge in [0.2, 0.25) is 0 Å². The van der Waals surface area contributed by atoms with E-state index in [0.29, 0.717) is 40.3 Å². The average Bonchev–Trinajstić information content (AvgIpc) is 3.20. The number of aryl methyl sites for hydroxylation is 1. The second kappa shape index (κ2) is 11.7. The Morgan fingerprint density at radius 2 is 1.71 bits per heavy atom. The van der Waals surface area contributed by atoms with Crippen molar-refractivity contribution in [1.82, 2.24) is 15.0 Å². The molecular weight excluding hydrogens is 466 g/mol. The standard InChI is InChI=1S/C27H34ClN3O4/c1-5-6-7-8-9-10-25(34)35-26-20(27(2,3)4)15-18(11-14-24(32)33)16-23(26)31-29-21-13-12-19(28)17-22(21)30-31/h12-13,15-17H,5-11,14H2,1-4H3,(H,32,33). The summed E-state index contributed by atoms with van der Waals surface area (Å²) in [6, 6.07) is 8.98. The number of carbonyl (C=O) groups is 2. The van der Waals surface area contributed by atoms with Crippen molar-refractivity contribution < 1.29 is 19.4 Å². The van der Waals surface area contributed by atoms with Crippen LogP contribution in [0.3, 0.4) is 0 Å². The zero-order valence-corrected chi connectivity index (χ0v) is 21.7. The molecule has 1 aromatic heterocycles. The van der Waals surface area contributed by atoms with E-state index in [4.69, 9.17) is 16.3 Å². The Bertz CT molecular complexity index is 1200. The SMILES string of the molecule is CCCCCCCC(=O)Oc1c(-n2nc3ccc(Cl)cc3n2)cc(CCC(=O)O)cc1C(C)(C)C. The van der Waals surface area contributed by atoms with Crippen LogP contribution in [0.25, 0.3) is 16.7 Å². The van der Waals surface area contributed by atoms with Crippen LogP contribution in [0.2, 0.25) is 5.02 Å². The normalized spacial score (nSPS) is 11.7. The molecule has 2 aromatic carbocycles. The molecule has 0 atom stereocenters. The molecule has 0 aliphatic heterocycles. The van der Waals surface area contributed by atoms with Crippen LogP contribution < -0.4 is 4.74 Å². The first-order chi connectivity index (χ1) is 16.6. The Hall–Kier alpha value is -2.93. The van der Waals surface area contributed by atoms with Gasteiger partial charge in [-0.25, -0.2) is 0 Å². The van der Waals surface area contributed by atoms with Crippen molar-refractivity contribution in [2.45, 2.75) is 84.5 Å². The van der Waals surface area contributed by atoms with Crippen molar-refractivity contribution >= 4 is 34.6 Å². The number of nitrogens with zero attached hydrogens (tertiary/aromatic N) is 3. The summed E-state index contributed by atoms with van der Waals surface area (Å²) in [6.45, 7) is 8.25. The van der Waals surface area contributed by atoms with E-state index in [1.54, 1.807) is 18.2 Å². The highest BCUT2D eigenvalue weighted by Gasteiger charge is 2.26. The maximum atomic E-state index is 12.9. The summed E-state index contributed by atoms with van der Waals surface area (Å²) in [5, 5.41) is 18.9. The number of unbranched alkanes of at least 4 members (excludes halogenated alkanes) is 4. The molecule has 0 radical (unpaired) electrons. The zero-order valence-electron chi connectivity index (χ0n) is 20.9. The lowest BCUT2D eigenvalue weighted by Gasteiger charge is -2.25. The van der Waals surface area contributed by atoms with Crippen molar-refractivity contribution in [1.29, 1.82) is 0 Å². The number of ether oxygens (including phenoxy) is 1. The molecular formula is C27H34ClN3O4. The van der Waals surface area contributed by atoms with E-state index >= 15 is 0 Å². The second-order valence-electron chi connectivity index (χ2n) is 9.90. The van der Waals surface area contributed by atoms with Gasteiger partial charge in [-0.1, -0.05) is 71.0 Å². The number of carbonyl (C=O) groups excluding carboxylic acids is 1. The summed E-state index contributed by atoms with van der Waals surface area (Å²) < 4.78 is 5.98. The first kappa shape index (κ1) is 26.7. The molecule has 0 spiro atoms. The number of esters is 1. The maximum Gasteiger partial charge on any atom is 0.311 e. The minimum atomic E-state index is -0.875. The number of hydrogen-bond donors (Lipinski definition) is 1. The summed E-state index contributed by atoms with van der Waals surface area (Å²) in [4.78, 5) is 25.5. The predicted octanol–water partition coefficient (Wildman–Crippen LogP) is 6.65. The third-order valence-electron chi connectivity index (χ3n) is 5.82. The van der Waals surface area contributed by atoms with Crippen molar-refractivity contribution in [2.24, 2.45) is 0 Å². The van der Waals surface area contributed by atoms with Gasteiger partial charge in [-0.3, -0.25) is 9.59 Å². The van der Waals surface area contributed by atoms with Gasteiger partial charge in [0.1, 0.15) is 16.7 Å². The van der Waals surface area contributed by atoms with Gasteiger partial charge in [-0.15, -0.1) is 15.0 Å². The van der Waals surface area contributed by atoms with Gasteiger partial charge in [0.15, 0.2) is 5.75 Å². The average molecular weight is 500 g/mol. The number of hydrogen-bond acceptors (Lipinski definition) is 5. The van der Waals surface area contributed by atoms with E-state index in [-0.39, 0.29) is 17.8 Å². The smallest absolute Gasteiger partial charge is 0.311 e. The molecule has 3 rings (SSSR count). The van der Waals surface area contributed by atoms with Gasteiger partial charge < -0.3 is 9.84 Å². The Kier molecular flexibility index (Phi) is 8.89. The first-order valence-corrected chi connectivity index (χ1v) is 12.6. The third-order valence-corrected chi connectivity index (χ3v) is 6.06. The molecule has 0 saturated heterocycles. The molecule has 1 N–H and O–H groups in total. The van der Waals surface area contributed by atoms with Crippen molar-refractivity contribution in [3.63, 3.8) is 0 Å². The van der Waals surface area contributed by atoms with Crippen molar-refractivity contribution in [3.05, 3.63) is 46.5 Å². The van der Waals surface area contributed by atoms with Crippen LogP contribution in [-0.2, 0) is 21.4 Å². The third kappa shape index (κ3) is 7.28. The van der Waals surface area contributed by atoms with Crippen LogP contribution >= 0.6 is 11.6 Å². The minimum absolute atomic E-state index is 0.00988. The number of carboxylic acid groups (broad SMARTS) is 1. The summed E-state index contributed by atoms with van der Waals surface area (Å²) in [6.07, 6.45) is 5.83. The molecule has 0 fully saturated rings. The van der Waals surface area contributed by atoms with E-state index in [1.165, 1.54) is 4.80 Å². The fraction of sp³-hybridized carbons (Fsp3) is 0.481. The van der Waals surface area contributed by atoms with E-state index in [2.05, 4.69) is 17.1 Å². The predicted molar refractivity (Wildman–Crippen MR) is 138 cm³/mol. The molecule has 8 heteroatoms. The molecule has 7 nitrogen and oxygen atoms in total. The largest absolute Gasteiger partial charge is 0.481 e. The highest BCUT2D eigenvalue weighted by atomic mass is 35.5. The fourth-order valence-electron chi connectivity index (χ4n) is 3.91. The second-order valence-corrected chi connectivity index (χ2v) is 10.3. The fourth-order valence-corrected chi connectivity index (χ4v) is 4.08. The molecule has 188 valence electrons. The van der Waals surface area contributed by atoms with Crippen LogP contribution in [0, 0.1) is 0 Å². The number of rotatable bonds is 11. The topological polar surface area (TPSA) is 94.3 Å². The van der Waals surface area contributed by atoms with Gasteiger partial charge in [0, 0.05) is 23.4 Å². The number of benzene rings is 2. The van der Waals surface area contributed by atoms with E-state index in [1.807, 2.05) is 32.9 Å². The maximum absolute atomic E-state index is 12.9. The number of fused-ring (bicyclic) bond motifs is 1. The highest BCUT2D eigenvalue weighted by Crippen LogP contribution is 2.38. The lowest BCUT2D eigenvalue weighted by Crippen LogP contribution is -2.19. The number of aliphatic carboxylic acids is 1. The lowest BCUT2D eigenvalue weighted by molar-refractivity contribution is -0.137. The van der Waals surface area contributed by atoms with Crippen LogP contribution in [0.5, 0.6) is 5.75 Å². The minimum Gasteiger partial charge on any atom is -0.481 e. The zero-order chi connectivity index (χ0) is 25.6. The van der Waals surface area contributed by atoms with Gasteiger partial charge in [-0.2, -0.15) is 0 Å². The Morgan fingerprint density at radius 3 is 2.40 bits per heavy atom. The molecule has 3 aromatic rings. The Morgan fingerprint density at radius 1 is 1.00 bits per heavy atom. The first-order valence-electron chi connectivity index (χ1n) is 12.2. The molecule has 1 heterocycles. The highest BCUT2D eigenvalue weighted by molar-refractivity contribution is 6.31. The van der Waals surface area contributed by atoms with Crippen molar-refractivity contribution in [3.8, 4) is 11.4 Å². The Balaban J connectivity index is 2.05. The number of aromatic nitrogens is 3. The van der Waals surface area contributed by atoms with E-state index < -0.39 is 5.97 Å². The van der Waals surface area contributed by atoms with E-state index in [9.17, 15) is 14.7 Å². The van der Waals surface area contributed by atoms with Gasteiger partial charge in [-0.05, 0) is 48.1 Å². The van der Waals surface area contributed by atoms with Crippen molar-refractivity contribution in [2.75, 3.05) is 0 Å². The van der Waals surface area contributed by atoms with Gasteiger partial charge in [0.25, 0.3) is 0 Å². The van der Waals surface area contributed by atoms with E-state index in [0.717, 1.165) is 43.2 Å². The molecule has 0 aliphatic carbocycles. The summed E-state index contributed by atoms with van der Waals surface area (Å²) >= 11 is 6.13. The Labute approximate surface area is 211 Å². The number of carboxylic acids is 1. The van der Waals surface area contributed by atoms with Gasteiger partial charge in [0.05, 0.1) is 0 Å². The van der Waals surface area contributed by atoms with Crippen LogP contribution in [0.4, 0.5) is 0 Å². The van der Waals surface area contributed by atoms with Crippen LogP contribution in [0.1, 0.15) is 83.8 Å². The molecule has 0 amide bonds. The molecule has 0 aliphatic rings. The lowest BCUT2D eigenvalue weighted by atomic mass is 9.84. The molecule has 0 bridgehead atoms. The monoisotopic (exact) mass is 499 g/mol. The van der Waals surface area contributed by atoms with Crippen LogP contribution in [0.15, 0.2) is 30.3 Å². The summed E-state index contributed by atoms with van der Waals surface area (Å²) in [5.41, 5.74) is 3.00. The van der Waals surface area contributed by atoms with Gasteiger partial charge >= 0.3 is 11.9 Å². The van der Waals surface area contributed by atoms with Crippen LogP contribution in [-0.4, -0.2) is 32.0 Å². The quantitative estimate of drug-likeness (QED) is 0.180. The summed E-state index contributed by atoms with van der Waals surface area (Å²) in [5.74, 6) is -0.771. The molecule has 35 heavy (non-hydrogen) atoms. The number of halogens is 1. The molecule has 0 unspecified atom stereocenters.